The van der Waals surface area contributed by atoms with Crippen molar-refractivity contribution in [1.29, 1.82) is 0 Å². The number of alkyl halides is 4. The van der Waals surface area contributed by atoms with Gasteiger partial charge in [0, 0.05) is 0 Å². The zero-order chi connectivity index (χ0) is 9.07. The summed E-state index contributed by atoms with van der Waals surface area (Å²) in [5, 5.41) is 0. The fraction of sp³-hybridized carbons (Fsp3) is 0.714. The predicted octanol–water partition coefficient (Wildman–Crippen LogP) is 2.89. The second kappa shape index (κ2) is 3.74. The molecular formula is C7H10F4. The van der Waals surface area contributed by atoms with Crippen LogP contribution < -0.4 is 0 Å². The largest absolute Gasteiger partial charge is 0.299 e. The van der Waals surface area contributed by atoms with E-state index in [4.69, 9.17) is 0 Å². The minimum atomic E-state index is -3.75. The Labute approximate surface area is 62.9 Å². The van der Waals surface area contributed by atoms with Crippen molar-refractivity contribution in [3.05, 3.63) is 12.7 Å². The topological polar surface area (TPSA) is 0 Å². The molecule has 0 amide bonds. The van der Waals surface area contributed by atoms with Gasteiger partial charge in [0.1, 0.15) is 6.17 Å². The molecule has 4 heteroatoms. The minimum absolute atomic E-state index is 0.125. The Morgan fingerprint density at radius 2 is 1.91 bits per heavy atom. The Bertz CT molecular complexity index is 132. The van der Waals surface area contributed by atoms with Crippen molar-refractivity contribution in [2.24, 2.45) is 0 Å². The molecule has 0 saturated heterocycles. The molecule has 0 heterocycles. The maximum absolute atomic E-state index is 12.4. The first-order chi connectivity index (χ1) is 4.95. The van der Waals surface area contributed by atoms with Gasteiger partial charge in [0.25, 0.3) is 5.92 Å². The predicted molar refractivity (Wildman–Crippen MR) is 35.2 cm³/mol. The summed E-state index contributed by atoms with van der Waals surface area (Å²) in [4.78, 5) is 0. The quantitative estimate of drug-likeness (QED) is 0.449. The van der Waals surface area contributed by atoms with Gasteiger partial charge < -0.3 is 0 Å². The molecule has 0 aliphatic heterocycles. The van der Waals surface area contributed by atoms with Crippen molar-refractivity contribution >= 4 is 0 Å². The molecule has 66 valence electrons. The molecule has 0 aliphatic carbocycles. The molecule has 0 nitrogen and oxygen atoms in total. The lowest BCUT2D eigenvalue weighted by Gasteiger charge is -2.18. The third-order valence-corrected chi connectivity index (χ3v) is 1.35. The van der Waals surface area contributed by atoms with E-state index in [1.54, 1.807) is 0 Å². The highest BCUT2D eigenvalue weighted by atomic mass is 19.3. The molecule has 0 rings (SSSR count). The highest BCUT2D eigenvalue weighted by Crippen LogP contribution is 2.27. The van der Waals surface area contributed by atoms with Crippen LogP contribution >= 0.6 is 0 Å². The van der Waals surface area contributed by atoms with E-state index in [0.717, 1.165) is 0 Å². The highest BCUT2D eigenvalue weighted by Gasteiger charge is 2.41. The van der Waals surface area contributed by atoms with Crippen LogP contribution in [0.1, 0.15) is 13.3 Å². The van der Waals surface area contributed by atoms with Crippen molar-refractivity contribution in [3.63, 3.8) is 0 Å². The highest BCUT2D eigenvalue weighted by molar-refractivity contribution is 4.96. The summed E-state index contributed by atoms with van der Waals surface area (Å²) in [6, 6.07) is 0. The lowest BCUT2D eigenvalue weighted by atomic mass is 10.1. The normalized spacial score (nSPS) is 17.5. The fourth-order valence-corrected chi connectivity index (χ4v) is 0.561. The molecule has 0 aromatic carbocycles. The van der Waals surface area contributed by atoms with Gasteiger partial charge in [-0.05, 0) is 12.5 Å². The Kier molecular flexibility index (Phi) is 3.55. The monoisotopic (exact) mass is 170 g/mol. The van der Waals surface area contributed by atoms with Gasteiger partial charge in [-0.15, -0.1) is 0 Å². The number of allylic oxidation sites excluding steroid dienone is 1. The third-order valence-electron chi connectivity index (χ3n) is 1.35. The van der Waals surface area contributed by atoms with Gasteiger partial charge in [0.05, 0.1) is 0 Å². The number of hydrogen-bond acceptors (Lipinski definition) is 0. The molecular weight excluding hydrogens is 160 g/mol. The molecule has 0 fully saturated rings. The van der Waals surface area contributed by atoms with Crippen LogP contribution in [0.5, 0.6) is 0 Å². The van der Waals surface area contributed by atoms with Crippen LogP contribution in [0, 0.1) is 0 Å². The second-order valence-corrected chi connectivity index (χ2v) is 2.20. The summed E-state index contributed by atoms with van der Waals surface area (Å²) >= 11 is 0. The molecule has 0 saturated carbocycles. The van der Waals surface area contributed by atoms with Crippen LogP contribution in [0.15, 0.2) is 12.7 Å². The Morgan fingerprint density at radius 1 is 1.45 bits per heavy atom. The zero-order valence-electron chi connectivity index (χ0n) is 6.16. The SMILES string of the molecule is C=CC(F)(F)C(F)C(F)CC. The van der Waals surface area contributed by atoms with E-state index in [9.17, 15) is 17.6 Å². The van der Waals surface area contributed by atoms with Crippen molar-refractivity contribution in [3.8, 4) is 0 Å². The first-order valence-electron chi connectivity index (χ1n) is 3.25. The summed E-state index contributed by atoms with van der Waals surface area (Å²) in [6.07, 6.45) is -5.03. The maximum atomic E-state index is 12.4. The van der Waals surface area contributed by atoms with Gasteiger partial charge in [0.15, 0.2) is 6.17 Å². The Hall–Kier alpha value is -0.540. The number of rotatable bonds is 4. The summed E-state index contributed by atoms with van der Waals surface area (Å²) in [7, 11) is 0. The average Bonchev–Trinajstić information content (AvgIpc) is 2.01. The van der Waals surface area contributed by atoms with E-state index < -0.39 is 18.3 Å². The van der Waals surface area contributed by atoms with Crippen LogP contribution in [0.25, 0.3) is 0 Å². The van der Waals surface area contributed by atoms with Crippen LogP contribution in [0.3, 0.4) is 0 Å². The van der Waals surface area contributed by atoms with E-state index >= 15 is 0 Å². The molecule has 0 bridgehead atoms. The summed E-state index contributed by atoms with van der Waals surface area (Å²) in [5.41, 5.74) is 0. The first kappa shape index (κ1) is 10.5. The molecule has 0 N–H and O–H groups in total. The molecule has 2 atom stereocenters. The van der Waals surface area contributed by atoms with Crippen LogP contribution in [0.4, 0.5) is 17.6 Å². The summed E-state index contributed by atoms with van der Waals surface area (Å²) < 4.78 is 49.2. The average molecular weight is 170 g/mol. The van der Waals surface area contributed by atoms with Crippen LogP contribution in [-0.4, -0.2) is 18.3 Å². The first-order valence-corrected chi connectivity index (χ1v) is 3.25. The van der Waals surface area contributed by atoms with Crippen LogP contribution in [-0.2, 0) is 0 Å². The Balaban J connectivity index is 4.21. The summed E-state index contributed by atoms with van der Waals surface area (Å²) in [6.45, 7) is 4.02. The van der Waals surface area contributed by atoms with E-state index in [2.05, 4.69) is 6.58 Å². The fourth-order valence-electron chi connectivity index (χ4n) is 0.561. The van der Waals surface area contributed by atoms with E-state index in [0.29, 0.717) is 0 Å². The van der Waals surface area contributed by atoms with Gasteiger partial charge in [-0.1, -0.05) is 13.5 Å². The molecule has 0 aromatic rings. The van der Waals surface area contributed by atoms with E-state index in [1.807, 2.05) is 0 Å². The molecule has 0 aromatic heterocycles. The number of halogens is 4. The van der Waals surface area contributed by atoms with Gasteiger partial charge in [0.2, 0.25) is 0 Å². The lowest BCUT2D eigenvalue weighted by molar-refractivity contribution is -0.0607. The van der Waals surface area contributed by atoms with Gasteiger partial charge in [-0.2, -0.15) is 8.78 Å². The Morgan fingerprint density at radius 3 is 2.18 bits per heavy atom. The van der Waals surface area contributed by atoms with Crippen LogP contribution in [0.2, 0.25) is 0 Å². The van der Waals surface area contributed by atoms with Crippen molar-refractivity contribution in [1.82, 2.24) is 0 Å². The van der Waals surface area contributed by atoms with Crippen molar-refractivity contribution in [2.45, 2.75) is 31.6 Å². The molecule has 0 aliphatic rings. The van der Waals surface area contributed by atoms with Gasteiger partial charge in [-0.25, -0.2) is 8.78 Å². The smallest absolute Gasteiger partial charge is 0.244 e. The molecule has 0 radical (unpaired) electrons. The van der Waals surface area contributed by atoms with Crippen molar-refractivity contribution in [2.75, 3.05) is 0 Å². The standard InChI is InChI=1S/C7H10F4/c1-3-5(8)6(9)7(10,11)4-2/h4-6H,2-3H2,1H3. The molecule has 2 unspecified atom stereocenters. The molecule has 0 spiro atoms. The van der Waals surface area contributed by atoms with Gasteiger partial charge in [-0.3, -0.25) is 0 Å². The zero-order valence-corrected chi connectivity index (χ0v) is 6.16. The summed E-state index contributed by atoms with van der Waals surface area (Å²) in [5.74, 6) is -3.75. The lowest BCUT2D eigenvalue weighted by Crippen LogP contribution is -2.35. The van der Waals surface area contributed by atoms with Gasteiger partial charge >= 0.3 is 0 Å². The van der Waals surface area contributed by atoms with E-state index in [1.165, 1.54) is 6.92 Å². The van der Waals surface area contributed by atoms with Crippen molar-refractivity contribution < 1.29 is 17.6 Å². The molecule has 11 heavy (non-hydrogen) atoms. The third kappa shape index (κ3) is 2.52. The maximum Gasteiger partial charge on any atom is 0.299 e. The minimum Gasteiger partial charge on any atom is -0.244 e. The second-order valence-electron chi connectivity index (χ2n) is 2.20. The number of hydrogen-bond donors (Lipinski definition) is 0. The van der Waals surface area contributed by atoms with E-state index in [-0.39, 0.29) is 12.5 Å².